The molecule has 0 bridgehead atoms. The van der Waals surface area contributed by atoms with Crippen LogP contribution in [0.25, 0.3) is 0 Å². The summed E-state index contributed by atoms with van der Waals surface area (Å²) in [4.78, 5) is 12.7. The third-order valence-electron chi connectivity index (χ3n) is 3.45. The number of anilines is 1. The van der Waals surface area contributed by atoms with Crippen molar-refractivity contribution in [1.29, 1.82) is 0 Å². The molecule has 104 valence electrons. The number of nitrogens with two attached hydrogens (primary N) is 1. The summed E-state index contributed by atoms with van der Waals surface area (Å²) in [5.41, 5.74) is 7.03. The smallest absolute Gasteiger partial charge is 0.292 e. The van der Waals surface area contributed by atoms with Gasteiger partial charge in [-0.25, -0.2) is 0 Å². The van der Waals surface area contributed by atoms with Crippen molar-refractivity contribution >= 4 is 11.4 Å². The van der Waals surface area contributed by atoms with Gasteiger partial charge in [0, 0.05) is 19.2 Å². The van der Waals surface area contributed by atoms with E-state index in [1.807, 2.05) is 6.07 Å². The van der Waals surface area contributed by atoms with Crippen molar-refractivity contribution in [2.75, 3.05) is 18.8 Å². The topological polar surface area (TPSA) is 72.4 Å². The highest BCUT2D eigenvalue weighted by Gasteiger charge is 2.24. The van der Waals surface area contributed by atoms with Crippen LogP contribution >= 0.6 is 0 Å². The summed E-state index contributed by atoms with van der Waals surface area (Å²) in [6, 6.07) is 5.05. The Morgan fingerprint density at radius 3 is 2.74 bits per heavy atom. The Labute approximate surface area is 113 Å². The second-order valence-electron chi connectivity index (χ2n) is 5.33. The third-order valence-corrected chi connectivity index (χ3v) is 3.45. The van der Waals surface area contributed by atoms with Gasteiger partial charge in [-0.1, -0.05) is 13.0 Å². The number of rotatable bonds is 7. The third kappa shape index (κ3) is 3.92. The first-order valence-electron chi connectivity index (χ1n) is 6.85. The van der Waals surface area contributed by atoms with Crippen LogP contribution in [0.15, 0.2) is 18.2 Å². The normalized spacial score (nSPS) is 14.8. The molecule has 0 radical (unpaired) electrons. The molecule has 19 heavy (non-hydrogen) atoms. The van der Waals surface area contributed by atoms with Gasteiger partial charge in [-0.3, -0.25) is 15.0 Å². The summed E-state index contributed by atoms with van der Waals surface area (Å²) in [5.74, 6) is 0.849. The molecule has 0 aliphatic heterocycles. The van der Waals surface area contributed by atoms with E-state index >= 15 is 0 Å². The van der Waals surface area contributed by atoms with Crippen molar-refractivity contribution in [2.45, 2.75) is 32.7 Å². The highest BCUT2D eigenvalue weighted by atomic mass is 16.6. The lowest BCUT2D eigenvalue weighted by Gasteiger charge is -2.21. The Kier molecular flexibility index (Phi) is 4.37. The Morgan fingerprint density at radius 1 is 1.47 bits per heavy atom. The average Bonchev–Trinajstić information content (AvgIpc) is 3.12. The van der Waals surface area contributed by atoms with Crippen LogP contribution in [0.3, 0.4) is 0 Å². The Balaban J connectivity index is 2.03. The summed E-state index contributed by atoms with van der Waals surface area (Å²) in [5, 5.41) is 10.7. The molecule has 2 rings (SSSR count). The van der Waals surface area contributed by atoms with Gasteiger partial charge in [0.1, 0.15) is 5.69 Å². The number of hydrogen-bond acceptors (Lipinski definition) is 4. The van der Waals surface area contributed by atoms with Crippen molar-refractivity contribution in [2.24, 2.45) is 5.92 Å². The van der Waals surface area contributed by atoms with E-state index in [0.29, 0.717) is 0 Å². The Hall–Kier alpha value is -1.62. The van der Waals surface area contributed by atoms with Gasteiger partial charge in [-0.05, 0) is 43.4 Å². The first-order valence-corrected chi connectivity index (χ1v) is 6.85. The molecule has 0 spiro atoms. The van der Waals surface area contributed by atoms with Crippen LogP contribution < -0.4 is 5.73 Å². The lowest BCUT2D eigenvalue weighted by atomic mass is 10.1. The highest BCUT2D eigenvalue weighted by molar-refractivity contribution is 5.59. The lowest BCUT2D eigenvalue weighted by molar-refractivity contribution is -0.383. The molecule has 2 N–H and O–H groups in total. The second-order valence-corrected chi connectivity index (χ2v) is 5.33. The minimum Gasteiger partial charge on any atom is -0.393 e. The standard InChI is InChI=1S/C14H21N3O2/c1-2-7-16(9-11-3-4-11)10-12-5-6-14(17(18)19)13(15)8-12/h5-6,8,11H,2-4,7,9-10,15H2,1H3. The fourth-order valence-electron chi connectivity index (χ4n) is 2.34. The van der Waals surface area contributed by atoms with Gasteiger partial charge in [0.15, 0.2) is 0 Å². The molecule has 1 fully saturated rings. The van der Waals surface area contributed by atoms with Gasteiger partial charge in [0.2, 0.25) is 0 Å². The van der Waals surface area contributed by atoms with Crippen LogP contribution in [0.5, 0.6) is 0 Å². The zero-order valence-electron chi connectivity index (χ0n) is 11.3. The second kappa shape index (κ2) is 6.02. The molecule has 5 nitrogen and oxygen atoms in total. The summed E-state index contributed by atoms with van der Waals surface area (Å²) >= 11 is 0. The fourth-order valence-corrected chi connectivity index (χ4v) is 2.34. The van der Waals surface area contributed by atoms with Gasteiger partial charge in [-0.2, -0.15) is 0 Å². The molecule has 0 heterocycles. The Bertz CT molecular complexity index is 458. The molecular weight excluding hydrogens is 242 g/mol. The lowest BCUT2D eigenvalue weighted by Crippen LogP contribution is -2.26. The maximum Gasteiger partial charge on any atom is 0.292 e. The molecule has 1 aliphatic rings. The molecule has 0 atom stereocenters. The summed E-state index contributed by atoms with van der Waals surface area (Å²) < 4.78 is 0. The predicted molar refractivity (Wildman–Crippen MR) is 75.8 cm³/mol. The monoisotopic (exact) mass is 263 g/mol. The number of nitrogens with zero attached hydrogens (tertiary/aromatic N) is 2. The van der Waals surface area contributed by atoms with Gasteiger partial charge in [0.25, 0.3) is 5.69 Å². The van der Waals surface area contributed by atoms with E-state index in [-0.39, 0.29) is 11.4 Å². The maximum absolute atomic E-state index is 10.7. The van der Waals surface area contributed by atoms with Crippen LogP contribution in [0.2, 0.25) is 0 Å². The summed E-state index contributed by atoms with van der Waals surface area (Å²) in [7, 11) is 0. The first-order chi connectivity index (χ1) is 9.10. The van der Waals surface area contributed by atoms with Crippen LogP contribution in [0, 0.1) is 16.0 Å². The predicted octanol–water partition coefficient (Wildman–Crippen LogP) is 2.80. The molecule has 0 saturated heterocycles. The quantitative estimate of drug-likeness (QED) is 0.466. The number of nitro benzene ring substituents is 1. The van der Waals surface area contributed by atoms with Crippen molar-refractivity contribution in [3.8, 4) is 0 Å². The number of nitro groups is 1. The van der Waals surface area contributed by atoms with Crippen molar-refractivity contribution in [1.82, 2.24) is 4.90 Å². The van der Waals surface area contributed by atoms with E-state index in [0.717, 1.165) is 37.5 Å². The summed E-state index contributed by atoms with van der Waals surface area (Å²) in [6.45, 7) is 5.19. The van der Waals surface area contributed by atoms with E-state index in [4.69, 9.17) is 5.73 Å². The van der Waals surface area contributed by atoms with E-state index < -0.39 is 4.92 Å². The average molecular weight is 263 g/mol. The van der Waals surface area contributed by atoms with Crippen molar-refractivity contribution in [3.63, 3.8) is 0 Å². The van der Waals surface area contributed by atoms with Gasteiger partial charge >= 0.3 is 0 Å². The molecule has 0 amide bonds. The van der Waals surface area contributed by atoms with Gasteiger partial charge < -0.3 is 5.73 Å². The fraction of sp³-hybridized carbons (Fsp3) is 0.571. The molecule has 1 saturated carbocycles. The molecule has 0 unspecified atom stereocenters. The van der Waals surface area contributed by atoms with E-state index in [1.165, 1.54) is 18.9 Å². The first kappa shape index (κ1) is 13.8. The Morgan fingerprint density at radius 2 is 2.21 bits per heavy atom. The molecule has 1 aliphatic carbocycles. The number of hydrogen-bond donors (Lipinski definition) is 1. The molecule has 1 aromatic carbocycles. The zero-order valence-corrected chi connectivity index (χ0v) is 11.3. The van der Waals surface area contributed by atoms with Crippen molar-refractivity contribution in [3.05, 3.63) is 33.9 Å². The van der Waals surface area contributed by atoms with Crippen LogP contribution in [-0.4, -0.2) is 22.9 Å². The largest absolute Gasteiger partial charge is 0.393 e. The summed E-state index contributed by atoms with van der Waals surface area (Å²) in [6.07, 6.45) is 3.79. The van der Waals surface area contributed by atoms with E-state index in [9.17, 15) is 10.1 Å². The van der Waals surface area contributed by atoms with Crippen molar-refractivity contribution < 1.29 is 4.92 Å². The maximum atomic E-state index is 10.7. The molecule has 0 aromatic heterocycles. The van der Waals surface area contributed by atoms with Crippen LogP contribution in [0.4, 0.5) is 11.4 Å². The van der Waals surface area contributed by atoms with E-state index in [1.54, 1.807) is 6.07 Å². The molecule has 5 heteroatoms. The number of benzene rings is 1. The highest BCUT2D eigenvalue weighted by Crippen LogP contribution is 2.30. The number of nitrogen functional groups attached to an aromatic ring is 1. The molecule has 1 aromatic rings. The molecular formula is C14H21N3O2. The SMILES string of the molecule is CCCN(Cc1ccc([N+](=O)[O-])c(N)c1)CC1CC1. The van der Waals surface area contributed by atoms with Gasteiger partial charge in [-0.15, -0.1) is 0 Å². The van der Waals surface area contributed by atoms with Gasteiger partial charge in [0.05, 0.1) is 4.92 Å². The van der Waals surface area contributed by atoms with Crippen LogP contribution in [-0.2, 0) is 6.54 Å². The van der Waals surface area contributed by atoms with Crippen LogP contribution in [0.1, 0.15) is 31.7 Å². The van der Waals surface area contributed by atoms with E-state index in [2.05, 4.69) is 11.8 Å². The minimum absolute atomic E-state index is 0.00650. The minimum atomic E-state index is -0.437. The zero-order chi connectivity index (χ0) is 13.8.